The molecule has 5 nitrogen and oxygen atoms in total. The van der Waals surface area contributed by atoms with E-state index in [0.717, 1.165) is 12.0 Å². The van der Waals surface area contributed by atoms with E-state index in [1.54, 1.807) is 0 Å². The minimum absolute atomic E-state index is 0.0124. The van der Waals surface area contributed by atoms with Gasteiger partial charge in [0.25, 0.3) is 0 Å². The highest BCUT2D eigenvalue weighted by molar-refractivity contribution is 5.91. The monoisotopic (exact) mass is 341 g/mol. The largest absolute Gasteiger partial charge is 0.465 e. The number of nitrogens with zero attached hydrogens (tertiary/aromatic N) is 1. The number of fused-ring (bicyclic) bond motifs is 1. The van der Waals surface area contributed by atoms with Gasteiger partial charge in [0.05, 0.1) is 31.2 Å². The average molecular weight is 341 g/mol. The number of rotatable bonds is 5. The molecule has 5 atom stereocenters. The molecule has 1 aromatic rings. The predicted octanol–water partition coefficient (Wildman–Crippen LogP) is 2.48. The number of esters is 1. The Hall–Kier alpha value is -2.14. The zero-order valence-corrected chi connectivity index (χ0v) is 14.6. The number of hydrogen-bond donors (Lipinski definition) is 0. The molecule has 0 N–H and O–H groups in total. The molecule has 2 bridgehead atoms. The minimum Gasteiger partial charge on any atom is -0.465 e. The van der Waals surface area contributed by atoms with Crippen LogP contribution in [0.15, 0.2) is 42.5 Å². The lowest BCUT2D eigenvalue weighted by atomic mass is 9.77. The van der Waals surface area contributed by atoms with Crippen LogP contribution in [0.25, 0.3) is 0 Å². The van der Waals surface area contributed by atoms with Crippen molar-refractivity contribution in [3.05, 3.63) is 48.0 Å². The average Bonchev–Trinajstić information content (AvgIpc) is 3.28. The van der Waals surface area contributed by atoms with E-state index < -0.39 is 17.4 Å². The number of benzene rings is 1. The molecule has 3 aliphatic heterocycles. The van der Waals surface area contributed by atoms with Crippen molar-refractivity contribution in [2.45, 2.75) is 38.0 Å². The van der Waals surface area contributed by atoms with Crippen LogP contribution < -0.4 is 0 Å². The Bertz CT molecular complexity index is 716. The molecule has 25 heavy (non-hydrogen) atoms. The van der Waals surface area contributed by atoms with Crippen molar-refractivity contribution in [3.8, 4) is 0 Å². The predicted molar refractivity (Wildman–Crippen MR) is 91.5 cm³/mol. The summed E-state index contributed by atoms with van der Waals surface area (Å²) in [7, 11) is 0. The molecule has 1 spiro atoms. The fraction of sp³-hybridized carbons (Fsp3) is 0.500. The van der Waals surface area contributed by atoms with E-state index in [1.165, 1.54) is 0 Å². The number of amides is 1. The Labute approximate surface area is 147 Å². The second-order valence-electron chi connectivity index (χ2n) is 7.12. The normalized spacial score (nSPS) is 33.6. The summed E-state index contributed by atoms with van der Waals surface area (Å²) in [5.41, 5.74) is 0.400. The molecule has 3 unspecified atom stereocenters. The van der Waals surface area contributed by atoms with E-state index in [2.05, 4.69) is 0 Å². The SMILES string of the molecule is CCCOC(=O)C1[C@H]2C=CC3(CN(C(C)c4ccccc4)C(=O)[C@@H]13)O2. The Kier molecular flexibility index (Phi) is 3.91. The minimum atomic E-state index is -0.680. The molecule has 2 fully saturated rings. The first-order chi connectivity index (χ1) is 12.1. The number of carbonyl (C=O) groups excluding carboxylic acids is 2. The zero-order chi connectivity index (χ0) is 17.6. The summed E-state index contributed by atoms with van der Waals surface area (Å²) < 4.78 is 11.4. The second kappa shape index (κ2) is 5.99. The zero-order valence-electron chi connectivity index (χ0n) is 14.6. The van der Waals surface area contributed by atoms with Crippen LogP contribution in [0, 0.1) is 11.8 Å². The van der Waals surface area contributed by atoms with E-state index in [4.69, 9.17) is 9.47 Å². The molecule has 0 aromatic heterocycles. The summed E-state index contributed by atoms with van der Waals surface area (Å²) in [5, 5.41) is 0. The van der Waals surface area contributed by atoms with Gasteiger partial charge in [-0.2, -0.15) is 0 Å². The standard InChI is InChI=1S/C20H23NO4/c1-3-11-24-19(23)16-15-9-10-20(25-15)12-21(18(22)17(16)20)13(2)14-7-5-4-6-8-14/h4-10,13,15-17H,3,11-12H2,1-2H3/t13?,15-,16?,17-,20?/m1/s1. The molecule has 0 aliphatic carbocycles. The number of likely N-dealkylation sites (tertiary alicyclic amines) is 1. The fourth-order valence-corrected chi connectivity index (χ4v) is 4.34. The molecule has 4 rings (SSSR count). The highest BCUT2D eigenvalue weighted by Crippen LogP contribution is 2.53. The van der Waals surface area contributed by atoms with Gasteiger partial charge in [-0.15, -0.1) is 0 Å². The van der Waals surface area contributed by atoms with Gasteiger partial charge in [-0.1, -0.05) is 49.4 Å². The van der Waals surface area contributed by atoms with Gasteiger partial charge in [-0.05, 0) is 18.9 Å². The van der Waals surface area contributed by atoms with Crippen molar-refractivity contribution in [2.24, 2.45) is 11.8 Å². The molecule has 3 heterocycles. The summed E-state index contributed by atoms with van der Waals surface area (Å²) in [5.74, 6) is -1.33. The van der Waals surface area contributed by atoms with Crippen molar-refractivity contribution in [1.82, 2.24) is 4.90 Å². The molecule has 1 aromatic carbocycles. The summed E-state index contributed by atoms with van der Waals surface area (Å²) in [6.07, 6.45) is 4.31. The molecule has 132 valence electrons. The second-order valence-corrected chi connectivity index (χ2v) is 7.12. The van der Waals surface area contributed by atoms with Crippen LogP contribution in [0.2, 0.25) is 0 Å². The number of carbonyl (C=O) groups is 2. The fourth-order valence-electron chi connectivity index (χ4n) is 4.34. The van der Waals surface area contributed by atoms with Crippen molar-refractivity contribution < 1.29 is 19.1 Å². The maximum absolute atomic E-state index is 13.2. The van der Waals surface area contributed by atoms with Gasteiger partial charge in [-0.3, -0.25) is 9.59 Å². The molecule has 5 heteroatoms. The van der Waals surface area contributed by atoms with E-state index in [1.807, 2.05) is 61.2 Å². The molecule has 3 aliphatic rings. The summed E-state index contributed by atoms with van der Waals surface area (Å²) >= 11 is 0. The van der Waals surface area contributed by atoms with Gasteiger partial charge in [0.1, 0.15) is 11.5 Å². The van der Waals surface area contributed by atoms with E-state index in [0.29, 0.717) is 13.2 Å². The topological polar surface area (TPSA) is 55.8 Å². The Balaban J connectivity index is 1.60. The first-order valence-corrected chi connectivity index (χ1v) is 8.96. The van der Waals surface area contributed by atoms with Crippen LogP contribution in [0.5, 0.6) is 0 Å². The molecular weight excluding hydrogens is 318 g/mol. The molecule has 0 saturated carbocycles. The lowest BCUT2D eigenvalue weighted by Crippen LogP contribution is -2.40. The third-order valence-electron chi connectivity index (χ3n) is 5.60. The first-order valence-electron chi connectivity index (χ1n) is 8.96. The van der Waals surface area contributed by atoms with Crippen molar-refractivity contribution in [3.63, 3.8) is 0 Å². The van der Waals surface area contributed by atoms with Gasteiger partial charge in [0, 0.05) is 0 Å². The van der Waals surface area contributed by atoms with E-state index in [9.17, 15) is 9.59 Å². The van der Waals surface area contributed by atoms with Gasteiger partial charge in [0.15, 0.2) is 0 Å². The van der Waals surface area contributed by atoms with Crippen molar-refractivity contribution in [1.29, 1.82) is 0 Å². The smallest absolute Gasteiger partial charge is 0.312 e. The first kappa shape index (κ1) is 16.3. The number of ether oxygens (including phenoxy) is 2. The lowest BCUT2D eigenvalue weighted by Gasteiger charge is -2.27. The molecule has 1 amide bonds. The number of hydrogen-bond acceptors (Lipinski definition) is 4. The van der Waals surface area contributed by atoms with Gasteiger partial charge < -0.3 is 14.4 Å². The highest BCUT2D eigenvalue weighted by Gasteiger charge is 2.67. The molecule has 2 saturated heterocycles. The maximum Gasteiger partial charge on any atom is 0.312 e. The summed E-state index contributed by atoms with van der Waals surface area (Å²) in [6, 6.07) is 9.88. The highest BCUT2D eigenvalue weighted by atomic mass is 16.6. The van der Waals surface area contributed by atoms with Crippen LogP contribution in [0.3, 0.4) is 0 Å². The third-order valence-corrected chi connectivity index (χ3v) is 5.60. The van der Waals surface area contributed by atoms with Crippen LogP contribution in [0.4, 0.5) is 0 Å². The summed E-state index contributed by atoms with van der Waals surface area (Å²) in [6.45, 7) is 4.84. The van der Waals surface area contributed by atoms with Crippen LogP contribution in [-0.2, 0) is 19.1 Å². The third kappa shape index (κ3) is 2.41. The van der Waals surface area contributed by atoms with Gasteiger partial charge in [-0.25, -0.2) is 0 Å². The van der Waals surface area contributed by atoms with Crippen LogP contribution in [-0.4, -0.2) is 41.6 Å². The van der Waals surface area contributed by atoms with Gasteiger partial charge in [0.2, 0.25) is 5.91 Å². The van der Waals surface area contributed by atoms with E-state index in [-0.39, 0.29) is 24.0 Å². The quantitative estimate of drug-likeness (QED) is 0.610. The van der Waals surface area contributed by atoms with E-state index >= 15 is 0 Å². The van der Waals surface area contributed by atoms with Crippen LogP contribution >= 0.6 is 0 Å². The Morgan fingerprint density at radius 3 is 2.88 bits per heavy atom. The Morgan fingerprint density at radius 2 is 2.16 bits per heavy atom. The van der Waals surface area contributed by atoms with Gasteiger partial charge >= 0.3 is 5.97 Å². The molecular formula is C20H23NO4. The van der Waals surface area contributed by atoms with Crippen molar-refractivity contribution >= 4 is 11.9 Å². The summed E-state index contributed by atoms with van der Waals surface area (Å²) in [4.78, 5) is 27.5. The van der Waals surface area contributed by atoms with Crippen molar-refractivity contribution in [2.75, 3.05) is 13.2 Å². The lowest BCUT2D eigenvalue weighted by molar-refractivity contribution is -0.154. The van der Waals surface area contributed by atoms with Crippen LogP contribution in [0.1, 0.15) is 31.9 Å². The molecule has 0 radical (unpaired) electrons. The Morgan fingerprint density at radius 1 is 1.40 bits per heavy atom. The maximum atomic E-state index is 13.2.